The molecule has 0 radical (unpaired) electrons. The molecule has 236 valence electrons. The second kappa shape index (κ2) is 14.5. The third-order valence-corrected chi connectivity index (χ3v) is 6.62. The van der Waals surface area contributed by atoms with Gasteiger partial charge in [-0.1, -0.05) is 72.8 Å². The molecule has 46 heavy (non-hydrogen) atoms. The van der Waals surface area contributed by atoms with E-state index in [0.29, 0.717) is 0 Å². The molecule has 0 bridgehead atoms. The Balaban J connectivity index is 1.49. The van der Waals surface area contributed by atoms with Gasteiger partial charge in [-0.3, -0.25) is 0 Å². The second-order valence-corrected chi connectivity index (χ2v) is 9.85. The molecule has 5 rings (SSSR count). The summed E-state index contributed by atoms with van der Waals surface area (Å²) in [7, 11) is 0. The van der Waals surface area contributed by atoms with E-state index in [1.165, 1.54) is 60.7 Å². The molecule has 0 amide bonds. The van der Waals surface area contributed by atoms with Crippen LogP contribution in [0.3, 0.4) is 0 Å². The topological polar surface area (TPSA) is 110 Å². The molecule has 1 aliphatic rings. The Morgan fingerprint density at radius 3 is 1.52 bits per heavy atom. The zero-order chi connectivity index (χ0) is 32.5. The first-order chi connectivity index (χ1) is 22.2. The van der Waals surface area contributed by atoms with Gasteiger partial charge in [-0.25, -0.2) is 19.4 Å². The molecule has 4 aromatic carbocycles. The third-order valence-electron chi connectivity index (χ3n) is 6.62. The van der Waals surface area contributed by atoms with E-state index in [1.54, 1.807) is 60.7 Å². The van der Waals surface area contributed by atoms with E-state index in [2.05, 4.69) is 4.99 Å². The minimum atomic E-state index is -5.11. The van der Waals surface area contributed by atoms with E-state index in [1.807, 2.05) is 0 Å². The van der Waals surface area contributed by atoms with E-state index in [4.69, 9.17) is 23.7 Å². The lowest BCUT2D eigenvalue weighted by Gasteiger charge is -2.25. The van der Waals surface area contributed by atoms with E-state index in [0.717, 1.165) is 0 Å². The van der Waals surface area contributed by atoms with Crippen LogP contribution < -0.4 is 0 Å². The van der Waals surface area contributed by atoms with Crippen molar-refractivity contribution in [1.29, 1.82) is 0 Å². The third kappa shape index (κ3) is 8.16. The second-order valence-electron chi connectivity index (χ2n) is 9.85. The fourth-order valence-corrected chi connectivity index (χ4v) is 4.42. The van der Waals surface area contributed by atoms with Crippen molar-refractivity contribution in [3.63, 3.8) is 0 Å². The number of rotatable bonds is 9. The number of ether oxygens (including phenoxy) is 5. The highest BCUT2D eigenvalue weighted by molar-refractivity contribution is 5.91. The monoisotopic (exact) mass is 633 g/mol. The van der Waals surface area contributed by atoms with Crippen molar-refractivity contribution in [3.05, 3.63) is 138 Å². The standard InChI is InChI=1S/C34H26F3NO8/c35-34(36,37)33(38-25-19-11-4-12-20-25)46-32-28(45-31(41)24-17-9-3-10-18-24)27(44-30(40)23-15-7-2-8-16-23)26(43-32)21-42-29(39)22-13-5-1-6-14-22/h1-20,26-28,32H,21H2/t26-,27-,28-,32?/m1/s1. The number of hydrogen-bond acceptors (Lipinski definition) is 9. The molecule has 1 unspecified atom stereocenters. The molecule has 0 N–H and O–H groups in total. The minimum Gasteiger partial charge on any atom is -0.459 e. The van der Waals surface area contributed by atoms with Gasteiger partial charge in [-0.05, 0) is 48.5 Å². The first kappa shape index (κ1) is 31.9. The van der Waals surface area contributed by atoms with Crippen molar-refractivity contribution in [3.8, 4) is 0 Å². The largest absolute Gasteiger partial charge is 0.468 e. The number of carbonyl (C=O) groups excluding carboxylic acids is 3. The molecular formula is C34H26F3NO8. The summed E-state index contributed by atoms with van der Waals surface area (Å²) < 4.78 is 70.3. The number of carbonyl (C=O) groups is 3. The van der Waals surface area contributed by atoms with Gasteiger partial charge in [0.1, 0.15) is 12.7 Å². The van der Waals surface area contributed by atoms with Crippen molar-refractivity contribution >= 4 is 29.5 Å². The summed E-state index contributed by atoms with van der Waals surface area (Å²) >= 11 is 0. The van der Waals surface area contributed by atoms with E-state index >= 15 is 0 Å². The Labute approximate surface area is 261 Å². The Morgan fingerprint density at radius 1 is 0.609 bits per heavy atom. The average molecular weight is 634 g/mol. The van der Waals surface area contributed by atoms with Crippen molar-refractivity contribution in [2.24, 2.45) is 4.99 Å². The highest BCUT2D eigenvalue weighted by Crippen LogP contribution is 2.33. The molecule has 1 aliphatic heterocycles. The van der Waals surface area contributed by atoms with Crippen molar-refractivity contribution in [1.82, 2.24) is 0 Å². The number of aliphatic imine (C=N–C) groups is 1. The van der Waals surface area contributed by atoms with Gasteiger partial charge in [0.25, 0.3) is 5.90 Å². The predicted molar refractivity (Wildman–Crippen MR) is 157 cm³/mol. The minimum absolute atomic E-state index is 0.0577. The zero-order valence-corrected chi connectivity index (χ0v) is 23.9. The molecule has 0 saturated carbocycles. The number of esters is 3. The molecule has 4 aromatic rings. The summed E-state index contributed by atoms with van der Waals surface area (Å²) in [4.78, 5) is 42.6. The fourth-order valence-electron chi connectivity index (χ4n) is 4.42. The van der Waals surface area contributed by atoms with Crippen LogP contribution in [-0.4, -0.2) is 61.2 Å². The zero-order valence-electron chi connectivity index (χ0n) is 23.9. The van der Waals surface area contributed by atoms with Gasteiger partial charge in [0.2, 0.25) is 12.4 Å². The van der Waals surface area contributed by atoms with E-state index in [-0.39, 0.29) is 22.4 Å². The number of para-hydroxylation sites is 1. The van der Waals surface area contributed by atoms with Crippen LogP contribution in [0.5, 0.6) is 0 Å². The molecule has 1 fully saturated rings. The van der Waals surface area contributed by atoms with Gasteiger partial charge < -0.3 is 23.7 Å². The lowest BCUT2D eigenvalue weighted by molar-refractivity contribution is -0.153. The summed E-state index contributed by atoms with van der Waals surface area (Å²) in [6, 6.07) is 30.5. The fraction of sp³-hybridized carbons (Fsp3) is 0.176. The summed E-state index contributed by atoms with van der Waals surface area (Å²) in [6.07, 6.45) is -11.9. The van der Waals surface area contributed by atoms with Crippen molar-refractivity contribution < 1.29 is 51.2 Å². The first-order valence-corrected chi connectivity index (χ1v) is 14.0. The maximum Gasteiger partial charge on any atom is 0.468 e. The molecular weight excluding hydrogens is 607 g/mol. The maximum absolute atomic E-state index is 14.2. The molecule has 4 atom stereocenters. The summed E-state index contributed by atoms with van der Waals surface area (Å²) in [5.41, 5.74) is 0.266. The molecule has 1 saturated heterocycles. The lowest BCUT2D eigenvalue weighted by atomic mass is 10.1. The molecule has 0 aromatic heterocycles. The molecule has 0 aliphatic carbocycles. The van der Waals surface area contributed by atoms with Gasteiger partial charge in [0.15, 0.2) is 6.10 Å². The van der Waals surface area contributed by atoms with Crippen LogP contribution in [0.1, 0.15) is 31.1 Å². The highest BCUT2D eigenvalue weighted by Gasteiger charge is 2.54. The number of benzene rings is 4. The smallest absolute Gasteiger partial charge is 0.459 e. The first-order valence-electron chi connectivity index (χ1n) is 14.0. The van der Waals surface area contributed by atoms with Crippen LogP contribution in [-0.2, 0) is 23.7 Å². The quantitative estimate of drug-likeness (QED) is 0.0911. The van der Waals surface area contributed by atoms with Crippen LogP contribution in [0.15, 0.2) is 126 Å². The maximum atomic E-state index is 14.2. The molecule has 1 heterocycles. The molecule has 12 heteroatoms. The number of hydrogen-bond donors (Lipinski definition) is 0. The summed E-state index contributed by atoms with van der Waals surface area (Å²) in [5.74, 6) is -4.34. The van der Waals surface area contributed by atoms with Gasteiger partial charge in [-0.15, -0.1) is 0 Å². The number of alkyl halides is 3. The Hall–Kier alpha value is -5.49. The van der Waals surface area contributed by atoms with Gasteiger partial charge in [0.05, 0.1) is 22.4 Å². The van der Waals surface area contributed by atoms with Crippen molar-refractivity contribution in [2.75, 3.05) is 6.61 Å². The van der Waals surface area contributed by atoms with Gasteiger partial charge in [0, 0.05) is 0 Å². The van der Waals surface area contributed by atoms with Crippen LogP contribution in [0, 0.1) is 0 Å². The van der Waals surface area contributed by atoms with Crippen LogP contribution in [0.4, 0.5) is 18.9 Å². The lowest BCUT2D eigenvalue weighted by Crippen LogP contribution is -2.43. The predicted octanol–water partition coefficient (Wildman–Crippen LogP) is 6.33. The normalized spacial score (nSPS) is 19.6. The number of nitrogens with zero attached hydrogens (tertiary/aromatic N) is 1. The number of halogens is 3. The van der Waals surface area contributed by atoms with Crippen LogP contribution in [0.2, 0.25) is 0 Å². The molecule has 9 nitrogen and oxygen atoms in total. The van der Waals surface area contributed by atoms with Crippen LogP contribution in [0.25, 0.3) is 0 Å². The van der Waals surface area contributed by atoms with E-state index in [9.17, 15) is 27.6 Å². The van der Waals surface area contributed by atoms with Gasteiger partial charge >= 0.3 is 24.1 Å². The highest BCUT2D eigenvalue weighted by atomic mass is 19.4. The average Bonchev–Trinajstić information content (AvgIpc) is 3.39. The Morgan fingerprint density at radius 2 is 1.04 bits per heavy atom. The Bertz CT molecular complexity index is 1650. The van der Waals surface area contributed by atoms with E-state index < -0.39 is 61.2 Å². The van der Waals surface area contributed by atoms with Gasteiger partial charge in [-0.2, -0.15) is 13.2 Å². The van der Waals surface area contributed by atoms with Crippen molar-refractivity contribution in [2.45, 2.75) is 30.8 Å². The summed E-state index contributed by atoms with van der Waals surface area (Å²) in [6.45, 7) is -0.600. The summed E-state index contributed by atoms with van der Waals surface area (Å²) in [5, 5.41) is 0. The molecule has 0 spiro atoms. The SMILES string of the molecule is O=C(OC[C@H]1OC(OC(=Nc2ccccc2)C(F)(F)F)[C@H](OC(=O)c2ccccc2)[C@@H]1OC(=O)c1ccccc1)c1ccccc1. The van der Waals surface area contributed by atoms with Crippen LogP contribution >= 0.6 is 0 Å². The Kier molecular flexibility index (Phi) is 10.1.